The van der Waals surface area contributed by atoms with E-state index in [0.29, 0.717) is 11.0 Å². The summed E-state index contributed by atoms with van der Waals surface area (Å²) < 4.78 is 0.571. The number of carbonyl (C=O) groups excluding carboxylic acids is 1. The number of hydrogen-bond donors (Lipinski definition) is 2. The van der Waals surface area contributed by atoms with Crippen LogP contribution in [0.15, 0.2) is 22.7 Å². The molecule has 0 heterocycles. The third-order valence-electron chi connectivity index (χ3n) is 3.68. The quantitative estimate of drug-likeness (QED) is 0.647. The van der Waals surface area contributed by atoms with Crippen LogP contribution in [0.3, 0.4) is 0 Å². The van der Waals surface area contributed by atoms with Crippen LogP contribution in [0.25, 0.3) is 0 Å². The minimum atomic E-state index is -0.547. The fraction of sp³-hybridized carbons (Fsp3) is 0.462. The van der Waals surface area contributed by atoms with Crippen LogP contribution >= 0.6 is 15.9 Å². The van der Waals surface area contributed by atoms with Gasteiger partial charge in [-0.2, -0.15) is 0 Å². The fourth-order valence-corrected chi connectivity index (χ4v) is 2.95. The second kappa shape index (κ2) is 6.32. The first-order chi connectivity index (χ1) is 9.52. The maximum Gasteiger partial charge on any atom is 0.283 e. The van der Waals surface area contributed by atoms with Gasteiger partial charge in [-0.3, -0.25) is 14.9 Å². The molecule has 1 aromatic carbocycles. The standard InChI is InChI=1S/C13H16BrN3O3/c14-9-4-5-10(12(6-9)17(19)20)13(18)16-11-3-1-2-8(11)7-15/h4-6,8,11H,1-3,7,15H2,(H,16,18). The summed E-state index contributed by atoms with van der Waals surface area (Å²) in [5.41, 5.74) is 5.56. The van der Waals surface area contributed by atoms with Crippen molar-refractivity contribution in [2.24, 2.45) is 11.7 Å². The molecule has 1 amide bonds. The van der Waals surface area contributed by atoms with E-state index >= 15 is 0 Å². The summed E-state index contributed by atoms with van der Waals surface area (Å²) in [6.45, 7) is 0.521. The second-order valence-corrected chi connectivity index (χ2v) is 5.84. The molecule has 1 saturated carbocycles. The van der Waals surface area contributed by atoms with E-state index in [2.05, 4.69) is 21.2 Å². The highest BCUT2D eigenvalue weighted by molar-refractivity contribution is 9.10. The minimum Gasteiger partial charge on any atom is -0.349 e. The number of nitro benzene ring substituents is 1. The molecule has 0 spiro atoms. The van der Waals surface area contributed by atoms with Crippen LogP contribution in [-0.2, 0) is 0 Å². The zero-order valence-corrected chi connectivity index (χ0v) is 12.4. The highest BCUT2D eigenvalue weighted by Gasteiger charge is 2.29. The molecule has 0 radical (unpaired) electrons. The van der Waals surface area contributed by atoms with E-state index < -0.39 is 10.8 Å². The third-order valence-corrected chi connectivity index (χ3v) is 4.17. The molecular weight excluding hydrogens is 326 g/mol. The molecule has 7 heteroatoms. The number of benzene rings is 1. The Balaban J connectivity index is 2.19. The van der Waals surface area contributed by atoms with Gasteiger partial charge in [-0.05, 0) is 37.4 Å². The number of nitro groups is 1. The monoisotopic (exact) mass is 341 g/mol. The first kappa shape index (κ1) is 14.9. The lowest BCUT2D eigenvalue weighted by molar-refractivity contribution is -0.385. The first-order valence-electron chi connectivity index (χ1n) is 6.47. The van der Waals surface area contributed by atoms with Crippen molar-refractivity contribution in [1.82, 2.24) is 5.32 Å². The molecule has 108 valence electrons. The molecule has 2 atom stereocenters. The fourth-order valence-electron chi connectivity index (χ4n) is 2.60. The van der Waals surface area contributed by atoms with Crippen molar-refractivity contribution < 1.29 is 9.72 Å². The van der Waals surface area contributed by atoms with E-state index in [0.717, 1.165) is 19.3 Å². The lowest BCUT2D eigenvalue weighted by atomic mass is 10.0. The van der Waals surface area contributed by atoms with Crippen LogP contribution in [0.2, 0.25) is 0 Å². The SMILES string of the molecule is NCC1CCCC1NC(=O)c1ccc(Br)cc1[N+](=O)[O-]. The van der Waals surface area contributed by atoms with E-state index in [1.54, 1.807) is 6.07 Å². The summed E-state index contributed by atoms with van der Waals surface area (Å²) >= 11 is 3.17. The van der Waals surface area contributed by atoms with Gasteiger partial charge in [0.05, 0.1) is 4.92 Å². The van der Waals surface area contributed by atoms with Crippen LogP contribution in [0.5, 0.6) is 0 Å². The average Bonchev–Trinajstić information content (AvgIpc) is 2.85. The van der Waals surface area contributed by atoms with Gasteiger partial charge in [0.2, 0.25) is 0 Å². The Kier molecular flexibility index (Phi) is 4.72. The molecular formula is C13H16BrN3O3. The van der Waals surface area contributed by atoms with Crippen molar-refractivity contribution in [2.75, 3.05) is 6.54 Å². The summed E-state index contributed by atoms with van der Waals surface area (Å²) in [7, 11) is 0. The molecule has 3 N–H and O–H groups in total. The predicted octanol–water partition coefficient (Wildman–Crippen LogP) is 2.21. The van der Waals surface area contributed by atoms with Gasteiger partial charge in [-0.25, -0.2) is 0 Å². The smallest absolute Gasteiger partial charge is 0.283 e. The van der Waals surface area contributed by atoms with Crippen molar-refractivity contribution >= 4 is 27.5 Å². The normalized spacial score (nSPS) is 21.7. The van der Waals surface area contributed by atoms with Gasteiger partial charge in [0.15, 0.2) is 0 Å². The number of halogens is 1. The Morgan fingerprint density at radius 1 is 1.50 bits per heavy atom. The van der Waals surface area contributed by atoms with Crippen LogP contribution in [0.4, 0.5) is 5.69 Å². The number of nitrogens with two attached hydrogens (primary N) is 1. The number of amides is 1. The number of rotatable bonds is 4. The van der Waals surface area contributed by atoms with Crippen LogP contribution in [0.1, 0.15) is 29.6 Å². The molecule has 2 unspecified atom stereocenters. The molecule has 0 saturated heterocycles. The number of carbonyl (C=O) groups is 1. The second-order valence-electron chi connectivity index (χ2n) is 4.93. The largest absolute Gasteiger partial charge is 0.349 e. The number of hydrogen-bond acceptors (Lipinski definition) is 4. The maximum atomic E-state index is 12.2. The van der Waals surface area contributed by atoms with E-state index in [9.17, 15) is 14.9 Å². The summed E-state index contributed by atoms with van der Waals surface area (Å²) in [5, 5.41) is 13.9. The van der Waals surface area contributed by atoms with E-state index in [-0.39, 0.29) is 23.2 Å². The summed E-state index contributed by atoms with van der Waals surface area (Å²) in [5.74, 6) is -0.150. The molecule has 1 fully saturated rings. The zero-order valence-electron chi connectivity index (χ0n) is 10.8. The Bertz CT molecular complexity index is 536. The van der Waals surface area contributed by atoms with E-state index in [1.807, 2.05) is 0 Å². The lowest BCUT2D eigenvalue weighted by Crippen LogP contribution is -2.40. The third kappa shape index (κ3) is 3.16. The van der Waals surface area contributed by atoms with Gasteiger partial charge in [-0.15, -0.1) is 0 Å². The van der Waals surface area contributed by atoms with Gasteiger partial charge >= 0.3 is 0 Å². The average molecular weight is 342 g/mol. The van der Waals surface area contributed by atoms with Crippen LogP contribution in [-0.4, -0.2) is 23.4 Å². The molecule has 1 aliphatic rings. The molecule has 0 bridgehead atoms. The molecule has 1 aromatic rings. The van der Waals surface area contributed by atoms with Crippen molar-refractivity contribution in [1.29, 1.82) is 0 Å². The van der Waals surface area contributed by atoms with Gasteiger partial charge in [-0.1, -0.05) is 22.4 Å². The van der Waals surface area contributed by atoms with Crippen LogP contribution in [0, 0.1) is 16.0 Å². The Labute approximate surface area is 125 Å². The predicted molar refractivity (Wildman–Crippen MR) is 78.4 cm³/mol. The van der Waals surface area contributed by atoms with E-state index in [4.69, 9.17) is 5.73 Å². The Morgan fingerprint density at radius 3 is 2.90 bits per heavy atom. The molecule has 1 aliphatic carbocycles. The van der Waals surface area contributed by atoms with Crippen molar-refractivity contribution in [3.63, 3.8) is 0 Å². The first-order valence-corrected chi connectivity index (χ1v) is 7.27. The zero-order chi connectivity index (χ0) is 14.7. The van der Waals surface area contributed by atoms with Crippen LogP contribution < -0.4 is 11.1 Å². The van der Waals surface area contributed by atoms with Crippen molar-refractivity contribution in [3.8, 4) is 0 Å². The topological polar surface area (TPSA) is 98.3 Å². The molecule has 6 nitrogen and oxygen atoms in total. The molecule has 0 aliphatic heterocycles. The lowest BCUT2D eigenvalue weighted by Gasteiger charge is -2.19. The van der Waals surface area contributed by atoms with Gasteiger partial charge in [0.1, 0.15) is 5.56 Å². The molecule has 0 aromatic heterocycles. The Hall–Kier alpha value is -1.47. The van der Waals surface area contributed by atoms with Crippen molar-refractivity contribution in [2.45, 2.75) is 25.3 Å². The number of nitrogens with zero attached hydrogens (tertiary/aromatic N) is 1. The van der Waals surface area contributed by atoms with Gasteiger partial charge < -0.3 is 11.1 Å². The highest BCUT2D eigenvalue weighted by Crippen LogP contribution is 2.27. The summed E-state index contributed by atoms with van der Waals surface area (Å²) in [6, 6.07) is 4.43. The highest BCUT2D eigenvalue weighted by atomic mass is 79.9. The molecule has 2 rings (SSSR count). The van der Waals surface area contributed by atoms with Gasteiger partial charge in [0, 0.05) is 16.6 Å². The summed E-state index contributed by atoms with van der Waals surface area (Å²) in [4.78, 5) is 22.7. The maximum absolute atomic E-state index is 12.2. The summed E-state index contributed by atoms with van der Waals surface area (Å²) in [6.07, 6.45) is 2.89. The van der Waals surface area contributed by atoms with E-state index in [1.165, 1.54) is 12.1 Å². The van der Waals surface area contributed by atoms with Crippen molar-refractivity contribution in [3.05, 3.63) is 38.3 Å². The minimum absolute atomic E-state index is 0.00995. The molecule has 20 heavy (non-hydrogen) atoms. The van der Waals surface area contributed by atoms with Gasteiger partial charge in [0.25, 0.3) is 11.6 Å². The Morgan fingerprint density at radius 2 is 2.25 bits per heavy atom. The number of nitrogens with one attached hydrogen (secondary N) is 1.